The van der Waals surface area contributed by atoms with Crippen LogP contribution in [0.3, 0.4) is 0 Å². The number of halogens is 3. The maximum atomic E-state index is 12.8. The Morgan fingerprint density at radius 2 is 1.61 bits per heavy atom. The van der Waals surface area contributed by atoms with Crippen molar-refractivity contribution in [3.05, 3.63) is 54.1 Å². The second-order valence-corrected chi connectivity index (χ2v) is 9.34. The van der Waals surface area contributed by atoms with E-state index in [2.05, 4.69) is 10.1 Å². The fourth-order valence-electron chi connectivity index (χ4n) is 3.21. The smallest absolute Gasteiger partial charge is 0.406 e. The number of nitrogens with zero attached hydrogens (tertiary/aromatic N) is 1. The van der Waals surface area contributed by atoms with E-state index in [-0.39, 0.29) is 36.5 Å². The number of amides is 1. The van der Waals surface area contributed by atoms with Gasteiger partial charge in [0.15, 0.2) is 0 Å². The van der Waals surface area contributed by atoms with Crippen LogP contribution in [-0.4, -0.2) is 43.6 Å². The van der Waals surface area contributed by atoms with Gasteiger partial charge in [-0.25, -0.2) is 8.42 Å². The predicted octanol–water partition coefficient (Wildman–Crippen LogP) is 3.01. The number of alkyl halides is 3. The van der Waals surface area contributed by atoms with Crippen LogP contribution in [0.4, 0.5) is 18.9 Å². The minimum atomic E-state index is -4.81. The number of nitrogens with one attached hydrogen (secondary N) is 1. The Bertz CT molecular complexity index is 1030. The summed E-state index contributed by atoms with van der Waals surface area (Å²) < 4.78 is 67.4. The summed E-state index contributed by atoms with van der Waals surface area (Å²) in [7, 11) is -3.69. The Labute approximate surface area is 178 Å². The van der Waals surface area contributed by atoms with Crippen LogP contribution in [0.1, 0.15) is 18.4 Å². The molecule has 1 aliphatic heterocycles. The summed E-state index contributed by atoms with van der Waals surface area (Å²) in [6.07, 6.45) is -4.61. The standard InChI is InChI=1S/C20H22F3N3O4S/c1-14-2-8-17(9-3-14)31(28,29)26-12-10-19(24,11-13-26)18(27)25-15-4-6-16(7-5-15)30-20(21,22)23/h2-9H,10-13,24H2,1H3,(H,25,27). The first kappa shape index (κ1) is 23.0. The van der Waals surface area contributed by atoms with Crippen molar-refractivity contribution in [2.45, 2.75) is 36.6 Å². The molecule has 31 heavy (non-hydrogen) atoms. The van der Waals surface area contributed by atoms with Crippen molar-refractivity contribution in [2.24, 2.45) is 5.73 Å². The lowest BCUT2D eigenvalue weighted by molar-refractivity contribution is -0.274. The molecule has 2 aromatic rings. The molecule has 1 amide bonds. The van der Waals surface area contributed by atoms with Crippen LogP contribution < -0.4 is 15.8 Å². The molecule has 7 nitrogen and oxygen atoms in total. The second kappa shape index (κ2) is 8.48. The number of carbonyl (C=O) groups excluding carboxylic acids is 1. The zero-order valence-corrected chi connectivity index (χ0v) is 17.5. The molecule has 1 aliphatic rings. The maximum absolute atomic E-state index is 12.8. The fraction of sp³-hybridized carbons (Fsp3) is 0.350. The van der Waals surface area contributed by atoms with E-state index >= 15 is 0 Å². The highest BCUT2D eigenvalue weighted by molar-refractivity contribution is 7.89. The Balaban J connectivity index is 1.62. The molecule has 0 spiro atoms. The zero-order chi connectivity index (χ0) is 22.9. The van der Waals surface area contributed by atoms with E-state index in [4.69, 9.17) is 5.73 Å². The molecule has 168 valence electrons. The number of nitrogens with two attached hydrogens (primary N) is 1. The Hall–Kier alpha value is -2.63. The zero-order valence-electron chi connectivity index (χ0n) is 16.6. The van der Waals surface area contributed by atoms with Crippen LogP contribution in [0, 0.1) is 6.92 Å². The van der Waals surface area contributed by atoms with Crippen molar-refractivity contribution in [1.82, 2.24) is 4.31 Å². The molecule has 0 bridgehead atoms. The summed E-state index contributed by atoms with van der Waals surface area (Å²) in [6.45, 7) is 1.99. The van der Waals surface area contributed by atoms with E-state index in [1.807, 2.05) is 6.92 Å². The molecule has 0 aromatic heterocycles. The molecule has 3 rings (SSSR count). The second-order valence-electron chi connectivity index (χ2n) is 7.40. The van der Waals surface area contributed by atoms with Gasteiger partial charge >= 0.3 is 6.36 Å². The number of anilines is 1. The van der Waals surface area contributed by atoms with Gasteiger partial charge in [-0.3, -0.25) is 4.79 Å². The number of hydrogen-bond acceptors (Lipinski definition) is 5. The van der Waals surface area contributed by atoms with E-state index in [0.717, 1.165) is 17.7 Å². The third-order valence-corrected chi connectivity index (χ3v) is 6.98. The van der Waals surface area contributed by atoms with Gasteiger partial charge in [0.25, 0.3) is 0 Å². The van der Waals surface area contributed by atoms with Gasteiger partial charge in [-0.2, -0.15) is 4.31 Å². The van der Waals surface area contributed by atoms with Crippen molar-refractivity contribution in [2.75, 3.05) is 18.4 Å². The van der Waals surface area contributed by atoms with Gasteiger partial charge in [-0.05, 0) is 56.2 Å². The van der Waals surface area contributed by atoms with Crippen LogP contribution in [0.2, 0.25) is 0 Å². The van der Waals surface area contributed by atoms with Crippen LogP contribution in [0.25, 0.3) is 0 Å². The largest absolute Gasteiger partial charge is 0.573 e. The van der Waals surface area contributed by atoms with Crippen molar-refractivity contribution >= 4 is 21.6 Å². The lowest BCUT2D eigenvalue weighted by Gasteiger charge is -2.37. The average molecular weight is 457 g/mol. The summed E-state index contributed by atoms with van der Waals surface area (Å²) >= 11 is 0. The number of carbonyl (C=O) groups is 1. The monoisotopic (exact) mass is 457 g/mol. The van der Waals surface area contributed by atoms with Crippen molar-refractivity contribution in [1.29, 1.82) is 0 Å². The predicted molar refractivity (Wildman–Crippen MR) is 108 cm³/mol. The fourth-order valence-corrected chi connectivity index (χ4v) is 4.65. The quantitative estimate of drug-likeness (QED) is 0.719. The molecule has 11 heteroatoms. The summed E-state index contributed by atoms with van der Waals surface area (Å²) in [4.78, 5) is 12.8. The topological polar surface area (TPSA) is 102 Å². The third-order valence-electron chi connectivity index (χ3n) is 5.07. The lowest BCUT2D eigenvalue weighted by atomic mass is 9.88. The highest BCUT2D eigenvalue weighted by atomic mass is 32.2. The summed E-state index contributed by atoms with van der Waals surface area (Å²) in [5, 5.41) is 2.56. The SMILES string of the molecule is Cc1ccc(S(=O)(=O)N2CCC(N)(C(=O)Nc3ccc(OC(F)(F)F)cc3)CC2)cc1. The van der Waals surface area contributed by atoms with E-state index in [1.165, 1.54) is 28.6 Å². The van der Waals surface area contributed by atoms with E-state index in [1.54, 1.807) is 12.1 Å². The van der Waals surface area contributed by atoms with Crippen molar-refractivity contribution < 1.29 is 31.1 Å². The Kier molecular flexibility index (Phi) is 6.30. The third kappa shape index (κ3) is 5.54. The number of benzene rings is 2. The first-order chi connectivity index (χ1) is 14.4. The minimum absolute atomic E-state index is 0.0679. The molecule has 0 unspecified atom stereocenters. The first-order valence-corrected chi connectivity index (χ1v) is 10.9. The number of sulfonamides is 1. The highest BCUT2D eigenvalue weighted by Crippen LogP contribution is 2.28. The van der Waals surface area contributed by atoms with Crippen LogP contribution in [0.5, 0.6) is 5.75 Å². The number of rotatable bonds is 5. The highest BCUT2D eigenvalue weighted by Gasteiger charge is 2.41. The number of aryl methyl sites for hydroxylation is 1. The molecule has 0 saturated carbocycles. The molecule has 2 aromatic carbocycles. The normalized spacial score (nSPS) is 17.2. The molecule has 1 heterocycles. The first-order valence-electron chi connectivity index (χ1n) is 9.42. The summed E-state index contributed by atoms with van der Waals surface area (Å²) in [5.74, 6) is -0.952. The Morgan fingerprint density at radius 1 is 1.06 bits per heavy atom. The summed E-state index contributed by atoms with van der Waals surface area (Å²) in [6, 6.07) is 11.2. The van der Waals surface area contributed by atoms with Crippen LogP contribution in [0.15, 0.2) is 53.4 Å². The summed E-state index contributed by atoms with van der Waals surface area (Å²) in [5.41, 5.74) is 6.10. The molecule has 0 radical (unpaired) electrons. The van der Waals surface area contributed by atoms with E-state index in [0.29, 0.717) is 0 Å². The molecule has 0 aliphatic carbocycles. The Morgan fingerprint density at radius 3 is 2.13 bits per heavy atom. The van der Waals surface area contributed by atoms with Gasteiger partial charge in [-0.15, -0.1) is 13.2 Å². The van der Waals surface area contributed by atoms with E-state index in [9.17, 15) is 26.4 Å². The van der Waals surface area contributed by atoms with Crippen LogP contribution in [-0.2, 0) is 14.8 Å². The van der Waals surface area contributed by atoms with Crippen LogP contribution >= 0.6 is 0 Å². The van der Waals surface area contributed by atoms with Gasteiger partial charge in [0.2, 0.25) is 15.9 Å². The number of piperidine rings is 1. The lowest BCUT2D eigenvalue weighted by Crippen LogP contribution is -2.58. The van der Waals surface area contributed by atoms with Gasteiger partial charge in [0.1, 0.15) is 5.75 Å². The average Bonchev–Trinajstić information content (AvgIpc) is 2.69. The molecular formula is C20H22F3N3O4S. The van der Waals surface area contributed by atoms with E-state index < -0.39 is 33.6 Å². The number of ether oxygens (including phenoxy) is 1. The molecular weight excluding hydrogens is 435 g/mol. The minimum Gasteiger partial charge on any atom is -0.406 e. The maximum Gasteiger partial charge on any atom is 0.573 e. The number of hydrogen-bond donors (Lipinski definition) is 2. The molecule has 0 atom stereocenters. The molecule has 1 saturated heterocycles. The van der Waals surface area contributed by atoms with Gasteiger partial charge in [0, 0.05) is 18.8 Å². The molecule has 1 fully saturated rings. The van der Waals surface area contributed by atoms with Crippen molar-refractivity contribution in [3.63, 3.8) is 0 Å². The van der Waals surface area contributed by atoms with Gasteiger partial charge in [0.05, 0.1) is 10.4 Å². The molecule has 3 N–H and O–H groups in total. The van der Waals surface area contributed by atoms with Gasteiger partial charge in [-0.1, -0.05) is 17.7 Å². The van der Waals surface area contributed by atoms with Gasteiger partial charge < -0.3 is 15.8 Å². The van der Waals surface area contributed by atoms with Crippen molar-refractivity contribution in [3.8, 4) is 5.75 Å².